The highest BCUT2D eigenvalue weighted by molar-refractivity contribution is 7.99. The van der Waals surface area contributed by atoms with Crippen molar-refractivity contribution in [3.63, 3.8) is 0 Å². The Labute approximate surface area is 177 Å². The molecule has 1 fully saturated rings. The summed E-state index contributed by atoms with van der Waals surface area (Å²) in [6.07, 6.45) is 5.89. The summed E-state index contributed by atoms with van der Waals surface area (Å²) in [6.45, 7) is 5.37. The minimum atomic E-state index is -3.55. The molecule has 0 aliphatic heterocycles. The molecule has 0 spiro atoms. The Morgan fingerprint density at radius 2 is 2.00 bits per heavy atom. The van der Waals surface area contributed by atoms with E-state index in [0.717, 1.165) is 55.7 Å². The average Bonchev–Trinajstić information content (AvgIpc) is 3.43. The lowest BCUT2D eigenvalue weighted by atomic mass is 10.3. The number of unbranched alkanes of at least 4 members (excludes halogenated alkanes) is 2. The van der Waals surface area contributed by atoms with Crippen molar-refractivity contribution < 1.29 is 13.2 Å². The van der Waals surface area contributed by atoms with Crippen LogP contribution in [0.15, 0.2) is 28.3 Å². The molecule has 1 saturated carbocycles. The van der Waals surface area contributed by atoms with Crippen LogP contribution in [-0.4, -0.2) is 42.2 Å². The van der Waals surface area contributed by atoms with Crippen molar-refractivity contribution in [2.75, 3.05) is 12.3 Å². The van der Waals surface area contributed by atoms with Crippen LogP contribution < -0.4 is 10.0 Å². The number of nitrogens with one attached hydrogen (secondary N) is 2. The number of amides is 1. The second kappa shape index (κ2) is 9.95. The Morgan fingerprint density at radius 3 is 2.69 bits per heavy atom. The number of benzene rings is 1. The summed E-state index contributed by atoms with van der Waals surface area (Å²) < 4.78 is 29.8. The molecule has 0 saturated heterocycles. The maximum Gasteiger partial charge on any atom is 0.240 e. The molecule has 1 aromatic heterocycles. The van der Waals surface area contributed by atoms with E-state index in [4.69, 9.17) is 0 Å². The second-order valence-electron chi connectivity index (χ2n) is 7.43. The second-order valence-corrected chi connectivity index (χ2v) is 10.1. The smallest absolute Gasteiger partial charge is 0.240 e. The van der Waals surface area contributed by atoms with E-state index < -0.39 is 10.0 Å². The summed E-state index contributed by atoms with van der Waals surface area (Å²) >= 11 is 1.41. The van der Waals surface area contributed by atoms with Gasteiger partial charge in [-0.05, 0) is 43.9 Å². The number of carbonyl (C=O) groups is 1. The predicted octanol–water partition coefficient (Wildman–Crippen LogP) is 3.29. The van der Waals surface area contributed by atoms with E-state index in [-0.39, 0.29) is 10.8 Å². The lowest BCUT2D eigenvalue weighted by Crippen LogP contribution is -2.27. The van der Waals surface area contributed by atoms with Crippen molar-refractivity contribution in [1.82, 2.24) is 19.6 Å². The fourth-order valence-electron chi connectivity index (χ4n) is 2.99. The number of nitrogens with zero attached hydrogens (tertiary/aromatic N) is 2. The van der Waals surface area contributed by atoms with E-state index >= 15 is 0 Å². The zero-order valence-electron chi connectivity index (χ0n) is 17.1. The van der Waals surface area contributed by atoms with Gasteiger partial charge < -0.3 is 9.88 Å². The number of thioether (sulfide) groups is 1. The zero-order chi connectivity index (χ0) is 20.9. The van der Waals surface area contributed by atoms with Gasteiger partial charge in [-0.1, -0.05) is 38.5 Å². The van der Waals surface area contributed by atoms with Crippen LogP contribution in [0.2, 0.25) is 0 Å². The van der Waals surface area contributed by atoms with Gasteiger partial charge in [-0.25, -0.2) is 18.1 Å². The minimum Gasteiger partial charge on any atom is -0.353 e. The molecule has 7 nitrogen and oxygen atoms in total. The third-order valence-corrected chi connectivity index (χ3v) is 7.26. The molecule has 1 aliphatic rings. The Kier molecular flexibility index (Phi) is 7.59. The number of aryl methyl sites for hydroxylation is 1. The third-order valence-electron chi connectivity index (χ3n) is 4.83. The van der Waals surface area contributed by atoms with Crippen LogP contribution in [0.4, 0.5) is 0 Å². The van der Waals surface area contributed by atoms with E-state index in [1.165, 1.54) is 11.8 Å². The fourth-order valence-corrected chi connectivity index (χ4v) is 4.94. The van der Waals surface area contributed by atoms with Gasteiger partial charge in [0.25, 0.3) is 0 Å². The predicted molar refractivity (Wildman–Crippen MR) is 117 cm³/mol. The van der Waals surface area contributed by atoms with Gasteiger partial charge in [0.1, 0.15) is 0 Å². The Balaban J connectivity index is 1.82. The summed E-state index contributed by atoms with van der Waals surface area (Å²) in [5.41, 5.74) is 1.54. The number of fused-ring (bicyclic) bond motifs is 1. The lowest BCUT2D eigenvalue weighted by Gasteiger charge is -2.09. The van der Waals surface area contributed by atoms with Gasteiger partial charge in [0.2, 0.25) is 15.9 Å². The molecule has 0 atom stereocenters. The van der Waals surface area contributed by atoms with Crippen LogP contribution in [0.3, 0.4) is 0 Å². The van der Waals surface area contributed by atoms with Crippen LogP contribution >= 0.6 is 11.8 Å². The third kappa shape index (κ3) is 5.96. The monoisotopic (exact) mass is 438 g/mol. The van der Waals surface area contributed by atoms with Crippen molar-refractivity contribution in [2.24, 2.45) is 0 Å². The van der Waals surface area contributed by atoms with E-state index in [0.29, 0.717) is 23.9 Å². The number of rotatable bonds is 12. The molecule has 2 aromatic rings. The Hall–Kier alpha value is -1.58. The molecule has 0 radical (unpaired) electrons. The van der Waals surface area contributed by atoms with Crippen molar-refractivity contribution in [3.8, 4) is 0 Å². The zero-order valence-corrected chi connectivity index (χ0v) is 18.7. The molecular weight excluding hydrogens is 408 g/mol. The maximum absolute atomic E-state index is 12.5. The van der Waals surface area contributed by atoms with Gasteiger partial charge in [0.15, 0.2) is 5.16 Å². The summed E-state index contributed by atoms with van der Waals surface area (Å²) in [5, 5.41) is 3.75. The number of hydrogen-bond acceptors (Lipinski definition) is 5. The average molecular weight is 439 g/mol. The topological polar surface area (TPSA) is 93.1 Å². The van der Waals surface area contributed by atoms with Crippen LogP contribution in [0.1, 0.15) is 52.4 Å². The molecular formula is C20H30N4O3S2. The molecule has 3 rings (SSSR count). The largest absolute Gasteiger partial charge is 0.353 e. The normalized spacial score (nSPS) is 14.4. The number of aromatic nitrogens is 2. The first-order chi connectivity index (χ1) is 13.9. The number of carbonyl (C=O) groups excluding carboxylic acids is 1. The standard InChI is InChI=1S/C20H30N4O3S2/c1-3-5-11-21-29(26,27)16-9-10-18-17(13-16)23-20(24(18)12-6-4-2)28-14-19(25)22-15-7-8-15/h9-10,13,15,21H,3-8,11-12,14H2,1-2H3,(H,22,25). The highest BCUT2D eigenvalue weighted by atomic mass is 32.2. The van der Waals surface area contributed by atoms with Gasteiger partial charge in [0, 0.05) is 19.1 Å². The van der Waals surface area contributed by atoms with E-state index in [2.05, 4.69) is 26.5 Å². The lowest BCUT2D eigenvalue weighted by molar-refractivity contribution is -0.118. The first kappa shape index (κ1) is 22.1. The fraction of sp³-hybridized carbons (Fsp3) is 0.600. The maximum atomic E-state index is 12.5. The number of imidazole rings is 1. The molecule has 29 heavy (non-hydrogen) atoms. The molecule has 1 amide bonds. The summed E-state index contributed by atoms with van der Waals surface area (Å²) in [4.78, 5) is 16.9. The molecule has 2 N–H and O–H groups in total. The summed E-state index contributed by atoms with van der Waals surface area (Å²) in [7, 11) is -3.55. The molecule has 0 bridgehead atoms. The Bertz CT molecular complexity index is 952. The molecule has 9 heteroatoms. The van der Waals surface area contributed by atoms with E-state index in [9.17, 15) is 13.2 Å². The Morgan fingerprint density at radius 1 is 1.24 bits per heavy atom. The highest BCUT2D eigenvalue weighted by Crippen LogP contribution is 2.27. The van der Waals surface area contributed by atoms with Gasteiger partial charge in [-0.2, -0.15) is 0 Å². The highest BCUT2D eigenvalue weighted by Gasteiger charge is 2.24. The first-order valence-corrected chi connectivity index (χ1v) is 12.8. The summed E-state index contributed by atoms with van der Waals surface area (Å²) in [5.74, 6) is 0.338. The van der Waals surface area contributed by atoms with Gasteiger partial charge in [-0.15, -0.1) is 0 Å². The van der Waals surface area contributed by atoms with Crippen molar-refractivity contribution in [3.05, 3.63) is 18.2 Å². The van der Waals surface area contributed by atoms with Crippen LogP contribution in [0, 0.1) is 0 Å². The van der Waals surface area contributed by atoms with Gasteiger partial charge >= 0.3 is 0 Å². The molecule has 0 unspecified atom stereocenters. The quantitative estimate of drug-likeness (QED) is 0.392. The van der Waals surface area contributed by atoms with Crippen LogP contribution in [-0.2, 0) is 21.4 Å². The molecule has 1 heterocycles. The summed E-state index contributed by atoms with van der Waals surface area (Å²) in [6, 6.07) is 5.42. The van der Waals surface area contributed by atoms with Gasteiger partial charge in [-0.3, -0.25) is 4.79 Å². The van der Waals surface area contributed by atoms with Crippen molar-refractivity contribution in [2.45, 2.75) is 75.0 Å². The van der Waals surface area contributed by atoms with E-state index in [1.807, 2.05) is 13.0 Å². The number of hydrogen-bond donors (Lipinski definition) is 2. The minimum absolute atomic E-state index is 0.0231. The first-order valence-electron chi connectivity index (χ1n) is 10.4. The SMILES string of the molecule is CCCCNS(=O)(=O)c1ccc2c(c1)nc(SCC(=O)NC1CC1)n2CCCC. The molecule has 1 aromatic carbocycles. The van der Waals surface area contributed by atoms with Crippen LogP contribution in [0.5, 0.6) is 0 Å². The van der Waals surface area contributed by atoms with Gasteiger partial charge in [0.05, 0.1) is 21.7 Å². The van der Waals surface area contributed by atoms with Crippen molar-refractivity contribution >= 4 is 38.7 Å². The van der Waals surface area contributed by atoms with Crippen LogP contribution in [0.25, 0.3) is 11.0 Å². The number of sulfonamides is 1. The molecule has 1 aliphatic carbocycles. The van der Waals surface area contributed by atoms with E-state index in [1.54, 1.807) is 12.1 Å². The molecule has 160 valence electrons. The van der Waals surface area contributed by atoms with Crippen molar-refractivity contribution in [1.29, 1.82) is 0 Å².